The highest BCUT2D eigenvalue weighted by molar-refractivity contribution is 7.80. The normalized spacial score (nSPS) is 20.3. The fourth-order valence-electron chi connectivity index (χ4n) is 2.18. The van der Waals surface area contributed by atoms with Gasteiger partial charge in [-0.25, -0.2) is 0 Å². The molecule has 0 bridgehead atoms. The first kappa shape index (κ1) is 11.4. The molecule has 0 spiro atoms. The number of thiol groups is 1. The average Bonchev–Trinajstić information content (AvgIpc) is 2.09. The molecule has 0 unspecified atom stereocenters. The van der Waals surface area contributed by atoms with Crippen molar-refractivity contribution in [3.63, 3.8) is 0 Å². The predicted molar refractivity (Wildman–Crippen MR) is 62.5 cm³/mol. The van der Waals surface area contributed by atoms with E-state index in [2.05, 4.69) is 31.4 Å². The molecule has 0 aromatic heterocycles. The van der Waals surface area contributed by atoms with E-state index in [4.69, 9.17) is 0 Å². The molecule has 1 fully saturated rings. The summed E-state index contributed by atoms with van der Waals surface area (Å²) in [6.45, 7) is 8.26. The van der Waals surface area contributed by atoms with Crippen molar-refractivity contribution < 1.29 is 0 Å². The zero-order chi connectivity index (χ0) is 9.73. The lowest BCUT2D eigenvalue weighted by Gasteiger charge is -2.44. The third-order valence-electron chi connectivity index (χ3n) is 3.30. The van der Waals surface area contributed by atoms with Crippen LogP contribution in [0, 0.1) is 5.41 Å². The van der Waals surface area contributed by atoms with Gasteiger partial charge in [0.05, 0.1) is 0 Å². The molecule has 0 saturated heterocycles. The van der Waals surface area contributed by atoms with Gasteiger partial charge < -0.3 is 4.90 Å². The highest BCUT2D eigenvalue weighted by Crippen LogP contribution is 2.42. The molecule has 1 nitrogen and oxygen atoms in total. The second-order valence-corrected chi connectivity index (χ2v) is 4.70. The molecule has 0 radical (unpaired) electrons. The van der Waals surface area contributed by atoms with Crippen molar-refractivity contribution in [3.05, 3.63) is 0 Å². The summed E-state index contributed by atoms with van der Waals surface area (Å²) in [6, 6.07) is 0. The number of rotatable bonds is 6. The summed E-state index contributed by atoms with van der Waals surface area (Å²) in [5.41, 5.74) is 0.578. The topological polar surface area (TPSA) is 3.24 Å². The fourth-order valence-corrected chi connectivity index (χ4v) is 2.60. The molecule has 78 valence electrons. The van der Waals surface area contributed by atoms with Crippen LogP contribution in [0.4, 0.5) is 0 Å². The molecule has 1 rings (SSSR count). The summed E-state index contributed by atoms with van der Waals surface area (Å²) < 4.78 is 0. The summed E-state index contributed by atoms with van der Waals surface area (Å²) >= 11 is 4.49. The van der Waals surface area contributed by atoms with Crippen LogP contribution in [0.3, 0.4) is 0 Å². The molecule has 1 aliphatic rings. The third-order valence-corrected chi connectivity index (χ3v) is 3.97. The van der Waals surface area contributed by atoms with Gasteiger partial charge in [-0.1, -0.05) is 20.3 Å². The maximum absolute atomic E-state index is 4.49. The first-order chi connectivity index (χ1) is 6.26. The third kappa shape index (κ3) is 2.88. The van der Waals surface area contributed by atoms with Gasteiger partial charge in [0.15, 0.2) is 0 Å². The highest BCUT2D eigenvalue weighted by atomic mass is 32.1. The van der Waals surface area contributed by atoms with Gasteiger partial charge in [-0.2, -0.15) is 12.6 Å². The fraction of sp³-hybridized carbons (Fsp3) is 1.00. The Bertz CT molecular complexity index is 138. The highest BCUT2D eigenvalue weighted by Gasteiger charge is 2.36. The minimum atomic E-state index is 0.578. The average molecular weight is 201 g/mol. The first-order valence-electron chi connectivity index (χ1n) is 5.59. The molecule has 0 amide bonds. The smallest absolute Gasteiger partial charge is 0.00457 e. The van der Waals surface area contributed by atoms with Crippen LogP contribution >= 0.6 is 12.6 Å². The zero-order valence-electron chi connectivity index (χ0n) is 9.05. The van der Waals surface area contributed by atoms with Crippen LogP contribution in [-0.2, 0) is 0 Å². The summed E-state index contributed by atoms with van der Waals surface area (Å²) in [4.78, 5) is 2.58. The second kappa shape index (κ2) is 5.26. The van der Waals surface area contributed by atoms with Crippen LogP contribution in [0.25, 0.3) is 0 Å². The van der Waals surface area contributed by atoms with Crippen molar-refractivity contribution in [1.29, 1.82) is 0 Å². The molecular formula is C11H23NS. The van der Waals surface area contributed by atoms with Gasteiger partial charge in [-0.3, -0.25) is 0 Å². The van der Waals surface area contributed by atoms with Crippen molar-refractivity contribution >= 4 is 12.6 Å². The number of hydrogen-bond donors (Lipinski definition) is 1. The predicted octanol–water partition coefficient (Wildman–Crippen LogP) is 2.82. The Morgan fingerprint density at radius 2 is 2.00 bits per heavy atom. The molecule has 1 saturated carbocycles. The lowest BCUT2D eigenvalue weighted by Crippen LogP contribution is -2.43. The minimum absolute atomic E-state index is 0.578. The van der Waals surface area contributed by atoms with Gasteiger partial charge in [0.1, 0.15) is 0 Å². The van der Waals surface area contributed by atoms with Gasteiger partial charge in [-0.05, 0) is 43.5 Å². The Balaban J connectivity index is 2.34. The Hall–Kier alpha value is 0.310. The summed E-state index contributed by atoms with van der Waals surface area (Å²) in [6.07, 6.45) is 5.49. The molecule has 0 aliphatic heterocycles. The molecule has 0 heterocycles. The quantitative estimate of drug-likeness (QED) is 0.647. The van der Waals surface area contributed by atoms with Crippen molar-refractivity contribution in [2.45, 2.75) is 39.5 Å². The lowest BCUT2D eigenvalue weighted by atomic mass is 9.70. The van der Waals surface area contributed by atoms with E-state index in [1.165, 1.54) is 45.3 Å². The minimum Gasteiger partial charge on any atom is -0.303 e. The molecular weight excluding hydrogens is 178 g/mol. The van der Waals surface area contributed by atoms with E-state index in [-0.39, 0.29) is 0 Å². The van der Waals surface area contributed by atoms with E-state index in [9.17, 15) is 0 Å². The van der Waals surface area contributed by atoms with Crippen molar-refractivity contribution in [2.24, 2.45) is 5.41 Å². The Morgan fingerprint density at radius 3 is 2.31 bits per heavy atom. The molecule has 2 heteroatoms. The molecule has 0 N–H and O–H groups in total. The van der Waals surface area contributed by atoms with Crippen LogP contribution in [0.5, 0.6) is 0 Å². The van der Waals surface area contributed by atoms with Crippen LogP contribution in [-0.4, -0.2) is 30.3 Å². The second-order valence-electron chi connectivity index (χ2n) is 4.38. The summed E-state index contributed by atoms with van der Waals surface area (Å²) in [7, 11) is 0. The van der Waals surface area contributed by atoms with Gasteiger partial charge in [0.25, 0.3) is 0 Å². The van der Waals surface area contributed by atoms with Crippen LogP contribution in [0.15, 0.2) is 0 Å². The Labute approximate surface area is 88.3 Å². The largest absolute Gasteiger partial charge is 0.303 e. The molecule has 13 heavy (non-hydrogen) atoms. The van der Waals surface area contributed by atoms with E-state index in [1.54, 1.807) is 0 Å². The van der Waals surface area contributed by atoms with Crippen LogP contribution < -0.4 is 0 Å². The monoisotopic (exact) mass is 201 g/mol. The van der Waals surface area contributed by atoms with Crippen molar-refractivity contribution in [3.8, 4) is 0 Å². The zero-order valence-corrected chi connectivity index (χ0v) is 9.95. The standard InChI is InChI=1S/C11H23NS/c1-3-8-12(4-2)9-11(10-13)6-5-7-11/h13H,3-10H2,1-2H3. The molecule has 0 atom stereocenters. The van der Waals surface area contributed by atoms with Crippen LogP contribution in [0.2, 0.25) is 0 Å². The first-order valence-corrected chi connectivity index (χ1v) is 6.23. The molecule has 0 aromatic rings. The SMILES string of the molecule is CCCN(CC)CC1(CS)CCC1. The van der Waals surface area contributed by atoms with Crippen LogP contribution in [0.1, 0.15) is 39.5 Å². The van der Waals surface area contributed by atoms with E-state index < -0.39 is 0 Å². The van der Waals surface area contributed by atoms with E-state index in [0.29, 0.717) is 5.41 Å². The van der Waals surface area contributed by atoms with Gasteiger partial charge in [0, 0.05) is 6.54 Å². The van der Waals surface area contributed by atoms with Crippen molar-refractivity contribution in [1.82, 2.24) is 4.90 Å². The maximum atomic E-state index is 4.49. The van der Waals surface area contributed by atoms with Crippen molar-refractivity contribution in [2.75, 3.05) is 25.4 Å². The maximum Gasteiger partial charge on any atom is 0.00457 e. The van der Waals surface area contributed by atoms with Gasteiger partial charge in [-0.15, -0.1) is 0 Å². The van der Waals surface area contributed by atoms with E-state index in [1.807, 2.05) is 0 Å². The van der Waals surface area contributed by atoms with Gasteiger partial charge in [0.2, 0.25) is 0 Å². The number of hydrogen-bond acceptors (Lipinski definition) is 2. The van der Waals surface area contributed by atoms with E-state index >= 15 is 0 Å². The summed E-state index contributed by atoms with van der Waals surface area (Å²) in [5.74, 6) is 1.08. The Morgan fingerprint density at radius 1 is 1.31 bits per heavy atom. The number of nitrogens with zero attached hydrogens (tertiary/aromatic N) is 1. The lowest BCUT2D eigenvalue weighted by molar-refractivity contribution is 0.0934. The molecule has 0 aromatic carbocycles. The van der Waals surface area contributed by atoms with E-state index in [0.717, 1.165) is 5.75 Å². The summed E-state index contributed by atoms with van der Waals surface area (Å²) in [5, 5.41) is 0. The molecule has 1 aliphatic carbocycles. The Kier molecular flexibility index (Phi) is 4.60. The van der Waals surface area contributed by atoms with Gasteiger partial charge >= 0.3 is 0 Å².